The number of phenols is 1. The number of aromatic nitrogens is 1. The van der Waals surface area contributed by atoms with Gasteiger partial charge in [0.2, 0.25) is 0 Å². The van der Waals surface area contributed by atoms with Crippen LogP contribution in [0.15, 0.2) is 79.0 Å². The zero-order valence-corrected chi connectivity index (χ0v) is 22.9. The second-order valence-corrected chi connectivity index (χ2v) is 10.1. The molecule has 5 rings (SSSR count). The van der Waals surface area contributed by atoms with Gasteiger partial charge in [-0.1, -0.05) is 24.3 Å². The van der Waals surface area contributed by atoms with Crippen LogP contribution in [0.3, 0.4) is 0 Å². The Kier molecular flexibility index (Phi) is 8.17. The maximum atomic E-state index is 13.0. The fourth-order valence-corrected chi connectivity index (χ4v) is 5.07. The summed E-state index contributed by atoms with van der Waals surface area (Å²) in [5, 5.41) is 13.3. The topological polar surface area (TPSA) is 104 Å². The first-order valence-corrected chi connectivity index (χ1v) is 13.5. The number of ether oxygens (including phenoxy) is 1. The number of nitrogens with two attached hydrogens (primary N) is 1. The van der Waals surface area contributed by atoms with Crippen LogP contribution in [-0.4, -0.2) is 54.2 Å². The molecule has 8 nitrogen and oxygen atoms in total. The molecule has 8 heteroatoms. The lowest BCUT2D eigenvalue weighted by Crippen LogP contribution is -2.31. The van der Waals surface area contributed by atoms with Crippen LogP contribution in [0.1, 0.15) is 27.9 Å². The van der Waals surface area contributed by atoms with Crippen LogP contribution >= 0.6 is 0 Å². The molecule has 4 N–H and O–H groups in total. The Balaban J connectivity index is 1.21. The van der Waals surface area contributed by atoms with Crippen molar-refractivity contribution in [3.8, 4) is 22.6 Å². The average molecular weight is 538 g/mol. The number of pyridine rings is 1. The molecule has 1 aliphatic rings. The molecule has 1 aliphatic heterocycles. The van der Waals surface area contributed by atoms with E-state index < -0.39 is 0 Å². The molecule has 0 spiro atoms. The molecule has 0 bridgehead atoms. The molecule has 1 aromatic heterocycles. The molecule has 0 radical (unpaired) electrons. The van der Waals surface area contributed by atoms with Crippen LogP contribution in [0.2, 0.25) is 0 Å². The lowest BCUT2D eigenvalue weighted by atomic mass is 9.97. The summed E-state index contributed by atoms with van der Waals surface area (Å²) in [5.41, 5.74) is 11.7. The number of amides is 1. The zero-order valence-electron chi connectivity index (χ0n) is 22.9. The SMILES string of the molecule is COc1cccc(O)c1CN1CCCN(c2ccc(NC(=O)c3ccc(C)c(-c4ccc(N)cc4)c3)cn2)CC1. The van der Waals surface area contributed by atoms with Crippen molar-refractivity contribution in [2.45, 2.75) is 19.9 Å². The van der Waals surface area contributed by atoms with Gasteiger partial charge in [-0.3, -0.25) is 9.69 Å². The Bertz CT molecular complexity index is 1470. The zero-order chi connectivity index (χ0) is 28.1. The molecular weight excluding hydrogens is 502 g/mol. The smallest absolute Gasteiger partial charge is 0.255 e. The van der Waals surface area contributed by atoms with Gasteiger partial charge in [0.15, 0.2) is 0 Å². The lowest BCUT2D eigenvalue weighted by molar-refractivity contribution is 0.102. The number of nitrogen functional groups attached to an aromatic ring is 1. The van der Waals surface area contributed by atoms with Crippen molar-refractivity contribution in [2.24, 2.45) is 0 Å². The molecule has 1 saturated heterocycles. The lowest BCUT2D eigenvalue weighted by Gasteiger charge is -2.23. The number of hydrogen-bond acceptors (Lipinski definition) is 7. The van der Waals surface area contributed by atoms with Crippen molar-refractivity contribution in [1.82, 2.24) is 9.88 Å². The number of phenolic OH excluding ortho intramolecular Hbond substituents is 1. The highest BCUT2D eigenvalue weighted by Gasteiger charge is 2.19. The quantitative estimate of drug-likeness (QED) is 0.274. The van der Waals surface area contributed by atoms with E-state index in [0.29, 0.717) is 29.2 Å². The summed E-state index contributed by atoms with van der Waals surface area (Å²) in [5.74, 6) is 1.65. The van der Waals surface area contributed by atoms with Crippen LogP contribution < -0.4 is 20.7 Å². The molecule has 3 aromatic carbocycles. The van der Waals surface area contributed by atoms with Gasteiger partial charge in [0, 0.05) is 49.5 Å². The number of carbonyl (C=O) groups is 1. The molecular formula is C32H35N5O3. The summed E-state index contributed by atoms with van der Waals surface area (Å²) in [7, 11) is 1.62. The first-order valence-electron chi connectivity index (χ1n) is 13.5. The second kappa shape index (κ2) is 12.1. The van der Waals surface area contributed by atoms with Crippen LogP contribution in [0.25, 0.3) is 11.1 Å². The molecule has 40 heavy (non-hydrogen) atoms. The van der Waals surface area contributed by atoms with Crippen molar-refractivity contribution in [3.63, 3.8) is 0 Å². The van der Waals surface area contributed by atoms with Gasteiger partial charge in [-0.15, -0.1) is 0 Å². The van der Waals surface area contributed by atoms with Gasteiger partial charge < -0.3 is 25.8 Å². The molecule has 4 aromatic rings. The van der Waals surface area contributed by atoms with E-state index in [1.807, 2.05) is 67.6 Å². The molecule has 1 fully saturated rings. The van der Waals surface area contributed by atoms with Gasteiger partial charge in [0.25, 0.3) is 5.91 Å². The van der Waals surface area contributed by atoms with Crippen LogP contribution in [0.5, 0.6) is 11.5 Å². The number of aryl methyl sites for hydroxylation is 1. The molecule has 2 heterocycles. The number of nitrogens with zero attached hydrogens (tertiary/aromatic N) is 3. The highest BCUT2D eigenvalue weighted by Crippen LogP contribution is 2.29. The minimum absolute atomic E-state index is 0.184. The Hall–Kier alpha value is -4.56. The second-order valence-electron chi connectivity index (χ2n) is 10.1. The number of methoxy groups -OCH3 is 1. The normalized spacial score (nSPS) is 14.0. The minimum Gasteiger partial charge on any atom is -0.507 e. The third-order valence-electron chi connectivity index (χ3n) is 7.35. The van der Waals surface area contributed by atoms with Gasteiger partial charge in [-0.25, -0.2) is 4.98 Å². The summed E-state index contributed by atoms with van der Waals surface area (Å²) in [6, 6.07) is 22.6. The largest absolute Gasteiger partial charge is 0.507 e. The molecule has 206 valence electrons. The number of benzene rings is 3. The van der Waals surface area contributed by atoms with E-state index in [1.165, 1.54) is 0 Å². The number of nitrogens with one attached hydrogen (secondary N) is 1. The molecule has 0 aliphatic carbocycles. The molecule has 0 atom stereocenters. The van der Waals surface area contributed by atoms with Gasteiger partial charge in [-0.2, -0.15) is 0 Å². The van der Waals surface area contributed by atoms with Gasteiger partial charge >= 0.3 is 0 Å². The minimum atomic E-state index is -0.184. The Morgan fingerprint density at radius 2 is 1.85 bits per heavy atom. The standard InChI is InChI=1S/C32H35N5O3/c1-22-7-8-24(19-27(22)23-9-11-25(33)12-10-23)32(39)35-26-13-14-31(34-20-26)37-16-4-15-36(17-18-37)21-28-29(38)5-3-6-30(28)40-2/h3,5-14,19-20,38H,4,15-18,21,33H2,1-2H3,(H,35,39). The Morgan fingerprint density at radius 3 is 2.60 bits per heavy atom. The van der Waals surface area contributed by atoms with Crippen LogP contribution in [0, 0.1) is 6.92 Å². The highest BCUT2D eigenvalue weighted by atomic mass is 16.5. The summed E-state index contributed by atoms with van der Waals surface area (Å²) < 4.78 is 5.45. The number of carbonyl (C=O) groups excluding carboxylic acids is 1. The first kappa shape index (κ1) is 27.0. The van der Waals surface area contributed by atoms with E-state index in [0.717, 1.165) is 60.7 Å². The number of rotatable bonds is 7. The van der Waals surface area contributed by atoms with Crippen molar-refractivity contribution >= 4 is 23.1 Å². The maximum absolute atomic E-state index is 13.0. The van der Waals surface area contributed by atoms with Crippen LogP contribution in [-0.2, 0) is 6.54 Å². The number of aromatic hydroxyl groups is 1. The fourth-order valence-electron chi connectivity index (χ4n) is 5.07. The molecule has 0 unspecified atom stereocenters. The van der Waals surface area contributed by atoms with Crippen molar-refractivity contribution < 1.29 is 14.6 Å². The summed E-state index contributed by atoms with van der Waals surface area (Å²) in [6.07, 6.45) is 2.68. The Labute approximate surface area is 235 Å². The number of hydrogen-bond donors (Lipinski definition) is 3. The predicted octanol–water partition coefficient (Wildman–Crippen LogP) is 5.32. The third kappa shape index (κ3) is 6.18. The monoisotopic (exact) mass is 537 g/mol. The van der Waals surface area contributed by atoms with Gasteiger partial charge in [-0.05, 0) is 78.6 Å². The predicted molar refractivity (Wildman–Crippen MR) is 160 cm³/mol. The summed E-state index contributed by atoms with van der Waals surface area (Å²) in [4.78, 5) is 22.3. The van der Waals surface area contributed by atoms with Gasteiger partial charge in [0.1, 0.15) is 17.3 Å². The van der Waals surface area contributed by atoms with Crippen molar-refractivity contribution in [2.75, 3.05) is 49.2 Å². The van der Waals surface area contributed by atoms with E-state index in [-0.39, 0.29) is 11.7 Å². The van der Waals surface area contributed by atoms with Crippen molar-refractivity contribution in [1.29, 1.82) is 0 Å². The highest BCUT2D eigenvalue weighted by molar-refractivity contribution is 6.05. The van der Waals surface area contributed by atoms with Gasteiger partial charge in [0.05, 0.1) is 19.0 Å². The van der Waals surface area contributed by atoms with E-state index in [9.17, 15) is 9.90 Å². The summed E-state index contributed by atoms with van der Waals surface area (Å²) >= 11 is 0. The molecule has 0 saturated carbocycles. The summed E-state index contributed by atoms with van der Waals surface area (Å²) in [6.45, 7) is 6.09. The van der Waals surface area contributed by atoms with E-state index in [4.69, 9.17) is 10.5 Å². The maximum Gasteiger partial charge on any atom is 0.255 e. The first-order chi connectivity index (χ1) is 19.4. The van der Waals surface area contributed by atoms with E-state index >= 15 is 0 Å². The van der Waals surface area contributed by atoms with Crippen LogP contribution in [0.4, 0.5) is 17.2 Å². The number of anilines is 3. The fraction of sp³-hybridized carbons (Fsp3) is 0.250. The molecule has 1 amide bonds. The van der Waals surface area contributed by atoms with E-state index in [1.54, 1.807) is 25.4 Å². The average Bonchev–Trinajstić information content (AvgIpc) is 3.21. The van der Waals surface area contributed by atoms with E-state index in [2.05, 4.69) is 20.1 Å². The third-order valence-corrected chi connectivity index (χ3v) is 7.35. The van der Waals surface area contributed by atoms with Crippen molar-refractivity contribution in [3.05, 3.63) is 95.7 Å². The Morgan fingerprint density at radius 1 is 1.02 bits per heavy atom.